The van der Waals surface area contributed by atoms with Gasteiger partial charge in [-0.2, -0.15) is 5.10 Å². The zero-order valence-corrected chi connectivity index (χ0v) is 11.4. The van der Waals surface area contributed by atoms with Crippen molar-refractivity contribution in [2.75, 3.05) is 6.61 Å². The van der Waals surface area contributed by atoms with Crippen molar-refractivity contribution in [1.82, 2.24) is 9.78 Å². The summed E-state index contributed by atoms with van der Waals surface area (Å²) in [6.45, 7) is 0.763. The number of halogens is 1. The Balaban J connectivity index is 2.13. The first-order valence-electron chi connectivity index (χ1n) is 6.04. The lowest BCUT2D eigenvalue weighted by atomic mass is 10.2. The van der Waals surface area contributed by atoms with E-state index in [-0.39, 0.29) is 6.23 Å². The Bertz CT molecular complexity index is 588. The molecular formula is C13H13BrN2O2. The molecule has 2 aromatic rings. The Morgan fingerprint density at radius 3 is 3.06 bits per heavy atom. The molecule has 0 amide bonds. The molecule has 0 saturated carbocycles. The molecule has 1 fully saturated rings. The molecule has 0 spiro atoms. The molecule has 0 radical (unpaired) electrons. The molecule has 3 rings (SSSR count). The first-order valence-corrected chi connectivity index (χ1v) is 6.83. The molecule has 1 aromatic carbocycles. The van der Waals surface area contributed by atoms with Gasteiger partial charge >= 0.3 is 0 Å². The quantitative estimate of drug-likeness (QED) is 0.799. The van der Waals surface area contributed by atoms with Crippen molar-refractivity contribution in [2.45, 2.75) is 25.5 Å². The van der Waals surface area contributed by atoms with Crippen molar-refractivity contribution in [3.63, 3.8) is 0 Å². The number of fused-ring (bicyclic) bond motifs is 1. The van der Waals surface area contributed by atoms with Gasteiger partial charge in [-0.15, -0.1) is 0 Å². The molecule has 1 aliphatic heterocycles. The molecule has 0 unspecified atom stereocenters. The molecule has 1 aromatic heterocycles. The SMILES string of the molecule is O=Cc1nn([C@H]2CCCCO2)c2ccc(Br)cc12. The van der Waals surface area contributed by atoms with Crippen LogP contribution in [0.1, 0.15) is 36.0 Å². The lowest BCUT2D eigenvalue weighted by Crippen LogP contribution is -2.19. The monoisotopic (exact) mass is 308 g/mol. The number of ether oxygens (including phenoxy) is 1. The van der Waals surface area contributed by atoms with Crippen LogP contribution in [-0.4, -0.2) is 22.7 Å². The number of nitrogens with zero attached hydrogens (tertiary/aromatic N) is 2. The van der Waals surface area contributed by atoms with Crippen LogP contribution in [0.4, 0.5) is 0 Å². The van der Waals surface area contributed by atoms with Crippen molar-refractivity contribution < 1.29 is 9.53 Å². The second-order valence-electron chi connectivity index (χ2n) is 4.43. The third-order valence-electron chi connectivity index (χ3n) is 3.24. The van der Waals surface area contributed by atoms with E-state index in [0.717, 1.165) is 47.5 Å². The van der Waals surface area contributed by atoms with Crippen molar-refractivity contribution in [3.05, 3.63) is 28.4 Å². The smallest absolute Gasteiger partial charge is 0.170 e. The number of carbonyl (C=O) groups excluding carboxylic acids is 1. The molecule has 1 aliphatic rings. The zero-order chi connectivity index (χ0) is 12.5. The summed E-state index contributed by atoms with van der Waals surface area (Å²) in [7, 11) is 0. The number of hydrogen-bond donors (Lipinski definition) is 0. The number of rotatable bonds is 2. The second-order valence-corrected chi connectivity index (χ2v) is 5.35. The standard InChI is InChI=1S/C13H13BrN2O2/c14-9-4-5-12-10(7-9)11(8-17)15-16(12)13-3-1-2-6-18-13/h4-5,7-8,13H,1-3,6H2/t13-/m1/s1. The summed E-state index contributed by atoms with van der Waals surface area (Å²) >= 11 is 3.42. The maximum atomic E-state index is 11.1. The van der Waals surface area contributed by atoms with Crippen molar-refractivity contribution in [1.29, 1.82) is 0 Å². The number of aldehydes is 1. The molecular weight excluding hydrogens is 296 g/mol. The lowest BCUT2D eigenvalue weighted by molar-refractivity contribution is -0.0367. The van der Waals surface area contributed by atoms with Gasteiger partial charge in [-0.25, -0.2) is 4.68 Å². The zero-order valence-electron chi connectivity index (χ0n) is 9.80. The normalized spacial score (nSPS) is 20.2. The van der Waals surface area contributed by atoms with Crippen LogP contribution >= 0.6 is 15.9 Å². The van der Waals surface area contributed by atoms with Crippen LogP contribution in [0.15, 0.2) is 22.7 Å². The molecule has 94 valence electrons. The van der Waals surface area contributed by atoms with Crippen LogP contribution in [0.5, 0.6) is 0 Å². The fraction of sp³-hybridized carbons (Fsp3) is 0.385. The van der Waals surface area contributed by atoms with E-state index in [9.17, 15) is 4.79 Å². The summed E-state index contributed by atoms with van der Waals surface area (Å²) < 4.78 is 8.52. The Labute approximate surface area is 113 Å². The van der Waals surface area contributed by atoms with Crippen LogP contribution in [0, 0.1) is 0 Å². The second kappa shape index (κ2) is 4.82. The molecule has 0 aliphatic carbocycles. The first kappa shape index (κ1) is 11.9. The topological polar surface area (TPSA) is 44.1 Å². The molecule has 1 saturated heterocycles. The minimum atomic E-state index is -0.0453. The van der Waals surface area contributed by atoms with Crippen LogP contribution in [0.25, 0.3) is 10.9 Å². The van der Waals surface area contributed by atoms with Crippen molar-refractivity contribution in [3.8, 4) is 0 Å². The number of hydrogen-bond acceptors (Lipinski definition) is 3. The number of carbonyl (C=O) groups is 1. The van der Waals surface area contributed by atoms with Gasteiger partial charge < -0.3 is 4.74 Å². The summed E-state index contributed by atoms with van der Waals surface area (Å²) in [5.41, 5.74) is 1.42. The number of benzene rings is 1. The van der Waals surface area contributed by atoms with Crippen LogP contribution in [0.3, 0.4) is 0 Å². The van der Waals surface area contributed by atoms with Gasteiger partial charge in [0.05, 0.1) is 5.52 Å². The lowest BCUT2D eigenvalue weighted by Gasteiger charge is -2.23. The first-order chi connectivity index (χ1) is 8.79. The minimum absolute atomic E-state index is 0.0453. The molecule has 4 nitrogen and oxygen atoms in total. The van der Waals surface area contributed by atoms with Crippen LogP contribution in [0.2, 0.25) is 0 Å². The summed E-state index contributed by atoms with van der Waals surface area (Å²) in [6.07, 6.45) is 3.94. The Morgan fingerprint density at radius 2 is 2.33 bits per heavy atom. The summed E-state index contributed by atoms with van der Waals surface area (Å²) in [5, 5.41) is 5.24. The van der Waals surface area contributed by atoms with Gasteiger partial charge in [0, 0.05) is 16.5 Å². The Kier molecular flexibility index (Phi) is 3.18. The van der Waals surface area contributed by atoms with Gasteiger partial charge in [-0.1, -0.05) is 15.9 Å². The van der Waals surface area contributed by atoms with Gasteiger partial charge in [0.1, 0.15) is 5.69 Å². The third kappa shape index (κ3) is 1.97. The van der Waals surface area contributed by atoms with Gasteiger partial charge in [-0.3, -0.25) is 4.79 Å². The Morgan fingerprint density at radius 1 is 1.44 bits per heavy atom. The fourth-order valence-corrected chi connectivity index (χ4v) is 2.72. The van der Waals surface area contributed by atoms with E-state index in [4.69, 9.17) is 4.74 Å². The highest BCUT2D eigenvalue weighted by Gasteiger charge is 2.20. The minimum Gasteiger partial charge on any atom is -0.356 e. The van der Waals surface area contributed by atoms with E-state index >= 15 is 0 Å². The van der Waals surface area contributed by atoms with E-state index in [2.05, 4.69) is 21.0 Å². The van der Waals surface area contributed by atoms with Crippen molar-refractivity contribution in [2.24, 2.45) is 0 Å². The van der Waals surface area contributed by atoms with E-state index < -0.39 is 0 Å². The average molecular weight is 309 g/mol. The van der Waals surface area contributed by atoms with Gasteiger partial charge in [0.15, 0.2) is 12.5 Å². The maximum absolute atomic E-state index is 11.1. The van der Waals surface area contributed by atoms with Gasteiger partial charge in [0.25, 0.3) is 0 Å². The predicted molar refractivity (Wildman–Crippen MR) is 71.7 cm³/mol. The van der Waals surface area contributed by atoms with E-state index in [1.807, 2.05) is 22.9 Å². The Hall–Kier alpha value is -1.20. The highest BCUT2D eigenvalue weighted by molar-refractivity contribution is 9.10. The van der Waals surface area contributed by atoms with E-state index in [1.165, 1.54) is 0 Å². The van der Waals surface area contributed by atoms with E-state index in [1.54, 1.807) is 0 Å². The largest absolute Gasteiger partial charge is 0.356 e. The molecule has 2 heterocycles. The average Bonchev–Trinajstić information content (AvgIpc) is 2.77. The van der Waals surface area contributed by atoms with Crippen LogP contribution in [-0.2, 0) is 4.74 Å². The van der Waals surface area contributed by atoms with E-state index in [0.29, 0.717) is 5.69 Å². The molecule has 0 N–H and O–H groups in total. The van der Waals surface area contributed by atoms with Gasteiger partial charge in [0.2, 0.25) is 0 Å². The molecule has 0 bridgehead atoms. The molecule has 1 atom stereocenters. The maximum Gasteiger partial charge on any atom is 0.170 e. The van der Waals surface area contributed by atoms with Gasteiger partial charge in [-0.05, 0) is 37.5 Å². The summed E-state index contributed by atoms with van der Waals surface area (Å²) in [5.74, 6) is 0. The summed E-state index contributed by atoms with van der Waals surface area (Å²) in [4.78, 5) is 11.1. The third-order valence-corrected chi connectivity index (χ3v) is 3.73. The highest BCUT2D eigenvalue weighted by atomic mass is 79.9. The molecule has 5 heteroatoms. The van der Waals surface area contributed by atoms with Crippen molar-refractivity contribution >= 4 is 33.1 Å². The summed E-state index contributed by atoms with van der Waals surface area (Å²) in [6, 6.07) is 5.85. The number of aromatic nitrogens is 2. The highest BCUT2D eigenvalue weighted by Crippen LogP contribution is 2.29. The predicted octanol–water partition coefficient (Wildman–Crippen LogP) is 3.31. The van der Waals surface area contributed by atoms with Crippen LogP contribution < -0.4 is 0 Å². The molecule has 18 heavy (non-hydrogen) atoms. The fourth-order valence-electron chi connectivity index (χ4n) is 2.36.